The molecule has 0 radical (unpaired) electrons. The van der Waals surface area contributed by atoms with E-state index in [9.17, 15) is 0 Å². The fourth-order valence-corrected chi connectivity index (χ4v) is 3.21. The minimum absolute atomic E-state index is 0.832. The Morgan fingerprint density at radius 2 is 2.00 bits per heavy atom. The average molecular weight is 231 g/mol. The molecule has 1 aliphatic rings. The predicted octanol–water partition coefficient (Wildman–Crippen LogP) is 2.68. The molecule has 1 N–H and O–H groups in total. The van der Waals surface area contributed by atoms with Crippen molar-refractivity contribution in [1.82, 2.24) is 5.32 Å². The molecule has 0 saturated heterocycles. The maximum absolute atomic E-state index is 5.26. The zero-order chi connectivity index (χ0) is 10.8. The van der Waals surface area contributed by atoms with Crippen LogP contribution in [-0.4, -0.2) is 37.3 Å². The zero-order valence-electron chi connectivity index (χ0n) is 9.96. The number of hydrogen-bond donors (Lipinski definition) is 1. The Morgan fingerprint density at radius 1 is 1.20 bits per heavy atom. The number of ether oxygens (including phenoxy) is 1. The van der Waals surface area contributed by atoms with E-state index in [1.54, 1.807) is 0 Å². The Morgan fingerprint density at radius 3 is 2.73 bits per heavy atom. The van der Waals surface area contributed by atoms with E-state index < -0.39 is 0 Å². The van der Waals surface area contributed by atoms with Gasteiger partial charge in [-0.25, -0.2) is 0 Å². The lowest BCUT2D eigenvalue weighted by Gasteiger charge is -2.20. The second kappa shape index (κ2) is 9.49. The Balaban J connectivity index is 1.79. The first-order valence-corrected chi connectivity index (χ1v) is 7.38. The van der Waals surface area contributed by atoms with Gasteiger partial charge in [-0.2, -0.15) is 11.8 Å². The van der Waals surface area contributed by atoms with Crippen molar-refractivity contribution in [2.45, 2.75) is 44.3 Å². The van der Waals surface area contributed by atoms with Gasteiger partial charge in [0.25, 0.3) is 0 Å². The maximum Gasteiger partial charge on any atom is 0.0590 e. The first kappa shape index (κ1) is 13.3. The molecule has 1 rings (SSSR count). The number of thioether (sulfide) groups is 1. The van der Waals surface area contributed by atoms with Gasteiger partial charge in [-0.1, -0.05) is 19.3 Å². The second-order valence-electron chi connectivity index (χ2n) is 4.08. The lowest BCUT2D eigenvalue weighted by molar-refractivity contribution is 0.150. The lowest BCUT2D eigenvalue weighted by atomic mass is 10.0. The van der Waals surface area contributed by atoms with Gasteiger partial charge in [0.05, 0.1) is 6.61 Å². The van der Waals surface area contributed by atoms with Gasteiger partial charge in [0.1, 0.15) is 0 Å². The summed E-state index contributed by atoms with van der Waals surface area (Å²) >= 11 is 2.16. The standard InChI is InChI=1S/C12H25NOS/c1-2-14-10-8-13-9-11-15-12-6-4-3-5-7-12/h12-13H,2-11H2,1H3. The van der Waals surface area contributed by atoms with Crippen LogP contribution in [0.15, 0.2) is 0 Å². The highest BCUT2D eigenvalue weighted by atomic mass is 32.2. The van der Waals surface area contributed by atoms with Gasteiger partial charge in [0.15, 0.2) is 0 Å². The van der Waals surface area contributed by atoms with Crippen LogP contribution in [0, 0.1) is 0 Å². The van der Waals surface area contributed by atoms with Crippen molar-refractivity contribution in [3.63, 3.8) is 0 Å². The molecule has 0 amide bonds. The summed E-state index contributed by atoms with van der Waals surface area (Å²) in [6.45, 7) is 5.86. The molecule has 0 aromatic rings. The molecule has 90 valence electrons. The molecular formula is C12H25NOS. The fraction of sp³-hybridized carbons (Fsp3) is 1.00. The van der Waals surface area contributed by atoms with E-state index in [0.29, 0.717) is 0 Å². The first-order chi connectivity index (χ1) is 7.43. The molecule has 1 aliphatic carbocycles. The molecule has 2 nitrogen and oxygen atoms in total. The Hall–Kier alpha value is 0.270. The van der Waals surface area contributed by atoms with E-state index in [-0.39, 0.29) is 0 Å². The summed E-state index contributed by atoms with van der Waals surface area (Å²) < 4.78 is 5.26. The van der Waals surface area contributed by atoms with Crippen LogP contribution in [0.2, 0.25) is 0 Å². The third kappa shape index (κ3) is 7.20. The van der Waals surface area contributed by atoms with E-state index in [0.717, 1.165) is 31.6 Å². The Bertz CT molecular complexity index is 138. The molecular weight excluding hydrogens is 206 g/mol. The van der Waals surface area contributed by atoms with Gasteiger partial charge in [0, 0.05) is 30.7 Å². The Kier molecular flexibility index (Phi) is 8.44. The summed E-state index contributed by atoms with van der Waals surface area (Å²) in [4.78, 5) is 0. The van der Waals surface area contributed by atoms with Crippen LogP contribution in [0.5, 0.6) is 0 Å². The molecule has 1 fully saturated rings. The van der Waals surface area contributed by atoms with Crippen LogP contribution in [0.25, 0.3) is 0 Å². The molecule has 0 atom stereocenters. The summed E-state index contributed by atoms with van der Waals surface area (Å²) in [6, 6.07) is 0. The average Bonchev–Trinajstić information content (AvgIpc) is 2.29. The van der Waals surface area contributed by atoms with E-state index in [1.165, 1.54) is 37.9 Å². The highest BCUT2D eigenvalue weighted by Crippen LogP contribution is 2.27. The van der Waals surface area contributed by atoms with E-state index in [2.05, 4.69) is 17.1 Å². The van der Waals surface area contributed by atoms with Crippen LogP contribution in [-0.2, 0) is 4.74 Å². The van der Waals surface area contributed by atoms with Crippen molar-refractivity contribution in [2.75, 3.05) is 32.1 Å². The molecule has 0 aromatic carbocycles. The molecule has 1 saturated carbocycles. The van der Waals surface area contributed by atoms with E-state index in [1.807, 2.05) is 6.92 Å². The molecule has 15 heavy (non-hydrogen) atoms. The smallest absolute Gasteiger partial charge is 0.0590 e. The zero-order valence-corrected chi connectivity index (χ0v) is 10.8. The number of nitrogens with one attached hydrogen (secondary N) is 1. The van der Waals surface area contributed by atoms with Gasteiger partial charge >= 0.3 is 0 Å². The molecule has 0 unspecified atom stereocenters. The van der Waals surface area contributed by atoms with Crippen LogP contribution < -0.4 is 5.32 Å². The fourth-order valence-electron chi connectivity index (χ4n) is 1.94. The first-order valence-electron chi connectivity index (χ1n) is 6.33. The van der Waals surface area contributed by atoms with Gasteiger partial charge < -0.3 is 10.1 Å². The normalized spacial score (nSPS) is 18.2. The topological polar surface area (TPSA) is 21.3 Å². The van der Waals surface area contributed by atoms with Gasteiger partial charge in [-0.05, 0) is 19.8 Å². The van der Waals surface area contributed by atoms with E-state index >= 15 is 0 Å². The molecule has 0 aromatic heterocycles. The number of rotatable bonds is 8. The van der Waals surface area contributed by atoms with Gasteiger partial charge in [-0.15, -0.1) is 0 Å². The second-order valence-corrected chi connectivity index (χ2v) is 5.49. The van der Waals surface area contributed by atoms with Crippen molar-refractivity contribution in [2.24, 2.45) is 0 Å². The van der Waals surface area contributed by atoms with Crippen molar-refractivity contribution < 1.29 is 4.74 Å². The third-order valence-corrected chi connectivity index (χ3v) is 4.19. The highest BCUT2D eigenvalue weighted by molar-refractivity contribution is 7.99. The largest absolute Gasteiger partial charge is 0.380 e. The Labute approximate surface area is 98.5 Å². The van der Waals surface area contributed by atoms with E-state index in [4.69, 9.17) is 4.74 Å². The highest BCUT2D eigenvalue weighted by Gasteiger charge is 2.12. The molecule has 0 aliphatic heterocycles. The summed E-state index contributed by atoms with van der Waals surface area (Å²) in [5.74, 6) is 1.26. The van der Waals surface area contributed by atoms with Crippen LogP contribution in [0.1, 0.15) is 39.0 Å². The summed E-state index contributed by atoms with van der Waals surface area (Å²) in [5, 5.41) is 4.37. The minimum atomic E-state index is 0.832. The quantitative estimate of drug-likeness (QED) is 0.649. The lowest BCUT2D eigenvalue weighted by Crippen LogP contribution is -2.23. The molecule has 0 spiro atoms. The van der Waals surface area contributed by atoms with Crippen molar-refractivity contribution in [3.8, 4) is 0 Å². The maximum atomic E-state index is 5.26. The van der Waals surface area contributed by atoms with Gasteiger partial charge in [-0.3, -0.25) is 0 Å². The minimum Gasteiger partial charge on any atom is -0.380 e. The van der Waals surface area contributed by atoms with Crippen LogP contribution >= 0.6 is 11.8 Å². The summed E-state index contributed by atoms with van der Waals surface area (Å²) in [7, 11) is 0. The van der Waals surface area contributed by atoms with Crippen LogP contribution in [0.3, 0.4) is 0 Å². The third-order valence-electron chi connectivity index (χ3n) is 2.81. The molecule has 3 heteroatoms. The van der Waals surface area contributed by atoms with Crippen LogP contribution in [0.4, 0.5) is 0 Å². The molecule has 0 heterocycles. The van der Waals surface area contributed by atoms with Gasteiger partial charge in [0.2, 0.25) is 0 Å². The summed E-state index contributed by atoms with van der Waals surface area (Å²) in [6.07, 6.45) is 7.27. The monoisotopic (exact) mass is 231 g/mol. The predicted molar refractivity (Wildman–Crippen MR) is 68.7 cm³/mol. The SMILES string of the molecule is CCOCCNCCSC1CCCCC1. The van der Waals surface area contributed by atoms with Crippen molar-refractivity contribution >= 4 is 11.8 Å². The van der Waals surface area contributed by atoms with Crippen molar-refractivity contribution in [1.29, 1.82) is 0 Å². The number of hydrogen-bond acceptors (Lipinski definition) is 3. The summed E-state index contributed by atoms with van der Waals surface area (Å²) in [5.41, 5.74) is 0. The molecule has 0 bridgehead atoms. The van der Waals surface area contributed by atoms with Crippen molar-refractivity contribution in [3.05, 3.63) is 0 Å².